The maximum absolute atomic E-state index is 13.0. The van der Waals surface area contributed by atoms with Crippen LogP contribution in [-0.4, -0.2) is 36.7 Å². The Kier molecular flexibility index (Phi) is 7.72. The molecule has 0 saturated heterocycles. The minimum atomic E-state index is -1.96. The van der Waals surface area contributed by atoms with E-state index in [1.165, 1.54) is 11.3 Å². The summed E-state index contributed by atoms with van der Waals surface area (Å²) in [4.78, 5) is 31.5. The largest absolute Gasteiger partial charge is 0.443 e. The van der Waals surface area contributed by atoms with Gasteiger partial charge in [-0.05, 0) is 65.7 Å². The van der Waals surface area contributed by atoms with E-state index in [-0.39, 0.29) is 10.2 Å². The van der Waals surface area contributed by atoms with E-state index in [0.29, 0.717) is 12.1 Å². The number of fused-ring (bicyclic) bond motifs is 1. The van der Waals surface area contributed by atoms with E-state index in [9.17, 15) is 9.59 Å². The molecule has 7 nitrogen and oxygen atoms in total. The number of ether oxygens (including phenoxy) is 2. The van der Waals surface area contributed by atoms with Gasteiger partial charge in [-0.1, -0.05) is 44.2 Å². The second-order valence-corrected chi connectivity index (χ2v) is 17.4. The Morgan fingerprint density at radius 1 is 0.939 bits per heavy atom. The first-order valence-electron chi connectivity index (χ1n) is 11.1. The summed E-state index contributed by atoms with van der Waals surface area (Å²) < 4.78 is 18.2. The minimum absolute atomic E-state index is 0.0817. The zero-order chi connectivity index (χ0) is 25.4. The highest BCUT2D eigenvalue weighted by Gasteiger charge is 2.38. The van der Waals surface area contributed by atoms with Crippen molar-refractivity contribution in [3.05, 3.63) is 23.8 Å². The summed E-state index contributed by atoms with van der Waals surface area (Å²) in [6.45, 7) is 21.9. The molecular weight excluding hydrogens is 456 g/mol. The van der Waals surface area contributed by atoms with E-state index < -0.39 is 31.7 Å². The van der Waals surface area contributed by atoms with Crippen molar-refractivity contribution < 1.29 is 23.5 Å². The van der Waals surface area contributed by atoms with Crippen LogP contribution in [0, 0.1) is 0 Å². The van der Waals surface area contributed by atoms with Crippen LogP contribution < -0.4 is 4.90 Å². The SMILES string of the molecule is CC(C)(C)OC(=O)N(C(=O)OC(C)(C)C)c1nc2c(CO[Si](C)(C)C(C)(C)C)cccc2s1. The van der Waals surface area contributed by atoms with Crippen molar-refractivity contribution >= 4 is 47.2 Å². The van der Waals surface area contributed by atoms with Crippen LogP contribution in [0.3, 0.4) is 0 Å². The maximum atomic E-state index is 13.0. The Hall–Kier alpha value is -1.97. The highest BCUT2D eigenvalue weighted by atomic mass is 32.1. The molecule has 0 atom stereocenters. The highest BCUT2D eigenvalue weighted by molar-refractivity contribution is 7.22. The number of carbonyl (C=O) groups is 2. The monoisotopic (exact) mass is 494 g/mol. The lowest BCUT2D eigenvalue weighted by Crippen LogP contribution is -2.43. The molecule has 1 aromatic heterocycles. The van der Waals surface area contributed by atoms with Gasteiger partial charge < -0.3 is 13.9 Å². The van der Waals surface area contributed by atoms with Gasteiger partial charge in [-0.3, -0.25) is 0 Å². The Bertz CT molecular complexity index is 985. The van der Waals surface area contributed by atoms with Gasteiger partial charge in [0, 0.05) is 5.56 Å². The molecule has 0 spiro atoms. The lowest BCUT2D eigenvalue weighted by Gasteiger charge is -2.36. The van der Waals surface area contributed by atoms with E-state index >= 15 is 0 Å². The average Bonchev–Trinajstić information content (AvgIpc) is 2.99. The van der Waals surface area contributed by atoms with Crippen molar-refractivity contribution in [1.82, 2.24) is 4.98 Å². The fourth-order valence-corrected chi connectivity index (χ4v) is 4.47. The Labute approximate surface area is 202 Å². The predicted octanol–water partition coefficient (Wildman–Crippen LogP) is 7.49. The molecule has 9 heteroatoms. The molecule has 1 aromatic carbocycles. The van der Waals surface area contributed by atoms with Crippen molar-refractivity contribution in [3.8, 4) is 0 Å². The lowest BCUT2D eigenvalue weighted by molar-refractivity contribution is 0.0431. The quantitative estimate of drug-likeness (QED) is 0.410. The number of imide groups is 1. The number of anilines is 1. The zero-order valence-electron chi connectivity index (χ0n) is 21.8. The third kappa shape index (κ3) is 7.25. The summed E-state index contributed by atoms with van der Waals surface area (Å²) in [6, 6.07) is 5.80. The molecule has 2 rings (SSSR count). The first-order valence-corrected chi connectivity index (χ1v) is 14.8. The van der Waals surface area contributed by atoms with Crippen molar-refractivity contribution in [2.45, 2.75) is 98.3 Å². The van der Waals surface area contributed by atoms with E-state index in [1.54, 1.807) is 41.5 Å². The maximum Gasteiger partial charge on any atom is 0.426 e. The summed E-state index contributed by atoms with van der Waals surface area (Å²) >= 11 is 1.24. The van der Waals surface area contributed by atoms with Gasteiger partial charge in [-0.25, -0.2) is 14.6 Å². The molecule has 2 aromatic rings. The van der Waals surface area contributed by atoms with Gasteiger partial charge in [0.05, 0.1) is 16.8 Å². The number of carbonyl (C=O) groups excluding carboxylic acids is 2. The van der Waals surface area contributed by atoms with Gasteiger partial charge >= 0.3 is 12.2 Å². The molecule has 2 amide bonds. The van der Waals surface area contributed by atoms with Crippen LogP contribution in [0.5, 0.6) is 0 Å². The molecule has 0 radical (unpaired) electrons. The summed E-state index contributed by atoms with van der Waals surface area (Å²) in [5.74, 6) is 0. The minimum Gasteiger partial charge on any atom is -0.443 e. The Morgan fingerprint density at radius 3 is 1.91 bits per heavy atom. The molecule has 0 unspecified atom stereocenters. The fourth-order valence-electron chi connectivity index (χ4n) is 2.53. The lowest BCUT2D eigenvalue weighted by atomic mass is 10.2. The Balaban J connectivity index is 2.46. The molecule has 0 aliphatic carbocycles. The van der Waals surface area contributed by atoms with E-state index in [2.05, 4.69) is 38.8 Å². The fraction of sp³-hybridized carbons (Fsp3) is 0.625. The number of hydrogen-bond acceptors (Lipinski definition) is 7. The van der Waals surface area contributed by atoms with Crippen molar-refractivity contribution in [3.63, 3.8) is 0 Å². The first-order chi connectivity index (χ1) is 14.8. The van der Waals surface area contributed by atoms with Crippen LogP contribution in [0.1, 0.15) is 67.9 Å². The molecule has 0 saturated carbocycles. The number of nitrogens with zero attached hydrogens (tertiary/aromatic N) is 2. The molecular formula is C24H38N2O5SSi. The highest BCUT2D eigenvalue weighted by Crippen LogP contribution is 2.38. The van der Waals surface area contributed by atoms with Gasteiger partial charge in [0.1, 0.15) is 11.2 Å². The second kappa shape index (κ2) is 9.35. The van der Waals surface area contributed by atoms with E-state index in [4.69, 9.17) is 13.9 Å². The van der Waals surface area contributed by atoms with Crippen molar-refractivity contribution in [1.29, 1.82) is 0 Å². The third-order valence-electron chi connectivity index (χ3n) is 5.23. The molecule has 1 heterocycles. The van der Waals surface area contributed by atoms with Gasteiger partial charge in [-0.2, -0.15) is 4.90 Å². The second-order valence-electron chi connectivity index (χ2n) is 11.6. The summed E-state index contributed by atoms with van der Waals surface area (Å²) in [5, 5.41) is 0.284. The number of aromatic nitrogens is 1. The molecule has 0 aliphatic heterocycles. The number of rotatable bonds is 4. The molecule has 184 valence electrons. The van der Waals surface area contributed by atoms with Crippen LogP contribution >= 0.6 is 11.3 Å². The van der Waals surface area contributed by atoms with Crippen molar-refractivity contribution in [2.75, 3.05) is 4.90 Å². The van der Waals surface area contributed by atoms with Crippen molar-refractivity contribution in [2.24, 2.45) is 0 Å². The van der Waals surface area contributed by atoms with Crippen LogP contribution in [-0.2, 0) is 20.5 Å². The predicted molar refractivity (Wildman–Crippen MR) is 137 cm³/mol. The van der Waals surface area contributed by atoms with Crippen LogP contribution in [0.4, 0.5) is 14.7 Å². The smallest absolute Gasteiger partial charge is 0.426 e. The topological polar surface area (TPSA) is 78.0 Å². The average molecular weight is 495 g/mol. The molecule has 0 aliphatic rings. The molecule has 0 bridgehead atoms. The van der Waals surface area contributed by atoms with Crippen LogP contribution in [0.2, 0.25) is 18.1 Å². The van der Waals surface area contributed by atoms with Gasteiger partial charge in [0.25, 0.3) is 0 Å². The van der Waals surface area contributed by atoms with Crippen LogP contribution in [0.25, 0.3) is 10.2 Å². The molecule has 33 heavy (non-hydrogen) atoms. The number of hydrogen-bond donors (Lipinski definition) is 0. The summed E-state index contributed by atoms with van der Waals surface area (Å²) in [7, 11) is -1.96. The van der Waals surface area contributed by atoms with Crippen LogP contribution in [0.15, 0.2) is 18.2 Å². The summed E-state index contributed by atoms with van der Waals surface area (Å²) in [5.41, 5.74) is 0.0494. The van der Waals surface area contributed by atoms with E-state index in [1.807, 2.05) is 18.2 Å². The summed E-state index contributed by atoms with van der Waals surface area (Å²) in [6.07, 6.45) is -1.65. The molecule has 0 N–H and O–H groups in total. The van der Waals surface area contributed by atoms with Gasteiger partial charge in [0.2, 0.25) is 5.13 Å². The number of para-hydroxylation sites is 1. The zero-order valence-corrected chi connectivity index (χ0v) is 23.6. The van der Waals surface area contributed by atoms with Gasteiger partial charge in [0.15, 0.2) is 8.32 Å². The number of thiazole rings is 1. The standard InChI is InChI=1S/C24H38N2O5SSi/c1-22(2,3)30-20(27)26(21(28)31-23(4,5)6)19-25-18-16(13-12-14-17(18)32-19)15-29-33(10,11)24(7,8)9/h12-14H,15H2,1-11H3. The van der Waals surface area contributed by atoms with E-state index in [0.717, 1.165) is 15.2 Å². The molecule has 0 fully saturated rings. The third-order valence-corrected chi connectivity index (χ3v) is 10.7. The first kappa shape index (κ1) is 27.3. The normalized spacial score (nSPS) is 13.2. The Morgan fingerprint density at radius 2 is 1.45 bits per heavy atom. The number of amides is 2. The number of benzene rings is 1. The van der Waals surface area contributed by atoms with Gasteiger partial charge in [-0.15, -0.1) is 0 Å².